The number of hydrogen-bond acceptors (Lipinski definition) is 2. The van der Waals surface area contributed by atoms with Crippen LogP contribution in [0.2, 0.25) is 0 Å². The summed E-state index contributed by atoms with van der Waals surface area (Å²) in [5.74, 6) is 0. The van der Waals surface area contributed by atoms with Gasteiger partial charge in [0, 0.05) is 15.5 Å². The monoisotopic (exact) mass is 397 g/mol. The number of alkyl halides is 3. The van der Waals surface area contributed by atoms with E-state index in [0.717, 1.165) is 44.0 Å². The second-order valence-electron chi connectivity index (χ2n) is 5.09. The van der Waals surface area contributed by atoms with E-state index in [9.17, 15) is 13.2 Å². The maximum absolute atomic E-state index is 12.7. The van der Waals surface area contributed by atoms with Gasteiger partial charge in [0.1, 0.15) is 0 Å². The number of aryl methyl sites for hydroxylation is 1. The van der Waals surface area contributed by atoms with E-state index in [2.05, 4.69) is 20.9 Å². The van der Waals surface area contributed by atoms with E-state index in [0.29, 0.717) is 0 Å². The molecule has 118 valence electrons. The summed E-state index contributed by atoms with van der Waals surface area (Å²) in [5.41, 5.74) is 2.58. The molecular weight excluding hydrogens is 387 g/mol. The molecule has 0 aliphatic rings. The van der Waals surface area contributed by atoms with Crippen LogP contribution in [0.4, 0.5) is 13.2 Å². The first-order chi connectivity index (χ1) is 10.8. The van der Waals surface area contributed by atoms with Crippen LogP contribution >= 0.6 is 27.3 Å². The van der Waals surface area contributed by atoms with Gasteiger partial charge in [-0.15, -0.1) is 11.3 Å². The molecule has 0 amide bonds. The van der Waals surface area contributed by atoms with Crippen molar-refractivity contribution in [3.63, 3.8) is 0 Å². The molecule has 1 aromatic carbocycles. The molecule has 2 heterocycles. The Balaban J connectivity index is 2.01. The van der Waals surface area contributed by atoms with Gasteiger partial charge in [-0.05, 0) is 64.3 Å². The average molecular weight is 398 g/mol. The summed E-state index contributed by atoms with van der Waals surface area (Å²) >= 11 is 4.98. The maximum Gasteiger partial charge on any atom is 0.416 e. The van der Waals surface area contributed by atoms with E-state index < -0.39 is 11.7 Å². The highest BCUT2D eigenvalue weighted by Gasteiger charge is 2.29. The van der Waals surface area contributed by atoms with Crippen molar-refractivity contribution < 1.29 is 13.2 Å². The van der Waals surface area contributed by atoms with Gasteiger partial charge in [-0.1, -0.05) is 12.1 Å². The molecule has 23 heavy (non-hydrogen) atoms. The van der Waals surface area contributed by atoms with Crippen molar-refractivity contribution in [1.29, 1.82) is 0 Å². The Kier molecular flexibility index (Phi) is 4.29. The Morgan fingerprint density at radius 1 is 1.00 bits per heavy atom. The van der Waals surface area contributed by atoms with Crippen LogP contribution in [0.3, 0.4) is 0 Å². The zero-order chi connectivity index (χ0) is 16.6. The van der Waals surface area contributed by atoms with E-state index in [4.69, 9.17) is 0 Å². The third-order valence-corrected chi connectivity index (χ3v) is 5.03. The third kappa shape index (κ3) is 3.64. The van der Waals surface area contributed by atoms with Gasteiger partial charge in [-0.25, -0.2) is 0 Å². The first kappa shape index (κ1) is 16.2. The number of nitrogens with zero attached hydrogens (tertiary/aromatic N) is 1. The average Bonchev–Trinajstić information content (AvgIpc) is 2.92. The number of pyridine rings is 1. The van der Waals surface area contributed by atoms with E-state index >= 15 is 0 Å². The fraction of sp³-hybridized carbons (Fsp3) is 0.118. The predicted octanol–water partition coefficient (Wildman–Crippen LogP) is 6.57. The normalized spacial score (nSPS) is 11.7. The molecule has 0 aliphatic heterocycles. The van der Waals surface area contributed by atoms with E-state index in [1.54, 1.807) is 11.3 Å². The van der Waals surface area contributed by atoms with Crippen LogP contribution in [0.5, 0.6) is 0 Å². The summed E-state index contributed by atoms with van der Waals surface area (Å²) in [4.78, 5) is 5.52. The molecule has 0 atom stereocenters. The molecule has 6 heteroatoms. The summed E-state index contributed by atoms with van der Waals surface area (Å²) in [6.45, 7) is 1.87. The van der Waals surface area contributed by atoms with Crippen molar-refractivity contribution in [2.75, 3.05) is 0 Å². The van der Waals surface area contributed by atoms with Gasteiger partial charge in [-0.2, -0.15) is 13.2 Å². The molecule has 0 aliphatic carbocycles. The highest BCUT2D eigenvalue weighted by molar-refractivity contribution is 9.10. The molecule has 0 radical (unpaired) electrons. The lowest BCUT2D eigenvalue weighted by Gasteiger charge is -2.09. The fourth-order valence-electron chi connectivity index (χ4n) is 2.26. The maximum atomic E-state index is 12.7. The van der Waals surface area contributed by atoms with E-state index in [-0.39, 0.29) is 0 Å². The number of thiophene rings is 1. The molecule has 2 aromatic heterocycles. The minimum atomic E-state index is -4.32. The lowest BCUT2D eigenvalue weighted by Crippen LogP contribution is -2.04. The second-order valence-corrected chi connectivity index (χ2v) is 6.91. The minimum Gasteiger partial charge on any atom is -0.252 e. The van der Waals surface area contributed by atoms with Crippen LogP contribution in [-0.2, 0) is 6.18 Å². The molecular formula is C17H11BrF3NS. The molecule has 0 bridgehead atoms. The molecule has 3 rings (SSSR count). The second kappa shape index (κ2) is 6.09. The van der Waals surface area contributed by atoms with Crippen LogP contribution < -0.4 is 0 Å². The van der Waals surface area contributed by atoms with E-state index in [1.165, 1.54) is 12.1 Å². The van der Waals surface area contributed by atoms with Gasteiger partial charge in [0.05, 0.1) is 16.1 Å². The fourth-order valence-corrected chi connectivity index (χ4v) is 3.65. The molecule has 0 fully saturated rings. The standard InChI is InChI=1S/C17H11BrF3NS/c1-10-6-12(7-15(22-10)16-8-14(18)9-23-16)11-2-4-13(5-3-11)17(19,20)21/h2-9H,1H3. The highest BCUT2D eigenvalue weighted by atomic mass is 79.9. The van der Waals surface area contributed by atoms with Crippen LogP contribution in [0, 0.1) is 6.92 Å². The van der Waals surface area contributed by atoms with Crippen LogP contribution in [0.25, 0.3) is 21.7 Å². The Morgan fingerprint density at radius 2 is 1.70 bits per heavy atom. The minimum absolute atomic E-state index is 0.644. The summed E-state index contributed by atoms with van der Waals surface area (Å²) in [5, 5.41) is 1.97. The summed E-state index contributed by atoms with van der Waals surface area (Å²) < 4.78 is 39.0. The zero-order valence-electron chi connectivity index (χ0n) is 12.0. The molecule has 0 N–H and O–H groups in total. The topological polar surface area (TPSA) is 12.9 Å². The Morgan fingerprint density at radius 3 is 2.26 bits per heavy atom. The largest absolute Gasteiger partial charge is 0.416 e. The predicted molar refractivity (Wildman–Crippen MR) is 90.4 cm³/mol. The lowest BCUT2D eigenvalue weighted by atomic mass is 10.0. The van der Waals surface area contributed by atoms with Crippen molar-refractivity contribution in [3.05, 3.63) is 63.6 Å². The Labute approximate surface area is 143 Å². The third-order valence-electron chi connectivity index (χ3n) is 3.32. The molecule has 0 unspecified atom stereocenters. The first-order valence-electron chi connectivity index (χ1n) is 6.74. The molecule has 0 saturated carbocycles. The van der Waals surface area contributed by atoms with Gasteiger partial charge < -0.3 is 0 Å². The highest BCUT2D eigenvalue weighted by Crippen LogP contribution is 2.34. The van der Waals surface area contributed by atoms with E-state index in [1.807, 2.05) is 30.5 Å². The Bertz CT molecular complexity index is 838. The van der Waals surface area contributed by atoms with Crippen LogP contribution in [0.15, 0.2) is 52.3 Å². The molecule has 3 aromatic rings. The summed E-state index contributed by atoms with van der Waals surface area (Å²) in [6, 6.07) is 10.9. The van der Waals surface area contributed by atoms with Crippen molar-refractivity contribution in [2.45, 2.75) is 13.1 Å². The first-order valence-corrected chi connectivity index (χ1v) is 8.41. The zero-order valence-corrected chi connectivity index (χ0v) is 14.4. The summed E-state index contributed by atoms with van der Waals surface area (Å²) in [6.07, 6.45) is -4.32. The number of rotatable bonds is 2. The molecule has 0 spiro atoms. The van der Waals surface area contributed by atoms with Gasteiger partial charge in [0.15, 0.2) is 0 Å². The van der Waals surface area contributed by atoms with Gasteiger partial charge in [0.25, 0.3) is 0 Å². The SMILES string of the molecule is Cc1cc(-c2ccc(C(F)(F)F)cc2)cc(-c2cc(Br)cs2)n1. The Hall–Kier alpha value is -1.66. The number of hydrogen-bond donors (Lipinski definition) is 0. The molecule has 0 saturated heterocycles. The van der Waals surface area contributed by atoms with Crippen molar-refractivity contribution >= 4 is 27.3 Å². The van der Waals surface area contributed by atoms with Crippen molar-refractivity contribution in [3.8, 4) is 21.7 Å². The number of aromatic nitrogens is 1. The van der Waals surface area contributed by atoms with Gasteiger partial charge in [0.2, 0.25) is 0 Å². The van der Waals surface area contributed by atoms with Crippen LogP contribution in [-0.4, -0.2) is 4.98 Å². The van der Waals surface area contributed by atoms with Gasteiger partial charge >= 0.3 is 6.18 Å². The van der Waals surface area contributed by atoms with Gasteiger partial charge in [-0.3, -0.25) is 4.98 Å². The molecule has 1 nitrogen and oxygen atoms in total. The van der Waals surface area contributed by atoms with Crippen LogP contribution in [0.1, 0.15) is 11.3 Å². The number of benzene rings is 1. The quantitative estimate of drug-likeness (QED) is 0.476. The number of halogens is 4. The van der Waals surface area contributed by atoms with Crippen molar-refractivity contribution in [2.24, 2.45) is 0 Å². The smallest absolute Gasteiger partial charge is 0.252 e. The lowest BCUT2D eigenvalue weighted by molar-refractivity contribution is -0.137. The van der Waals surface area contributed by atoms with Crippen molar-refractivity contribution in [1.82, 2.24) is 4.98 Å². The summed E-state index contributed by atoms with van der Waals surface area (Å²) in [7, 11) is 0.